The third-order valence-electron chi connectivity index (χ3n) is 11.8. The minimum absolute atomic E-state index is 0.637. The van der Waals surface area contributed by atoms with Crippen LogP contribution in [0.1, 0.15) is 11.1 Å². The molecule has 2 heterocycles. The third-order valence-corrected chi connectivity index (χ3v) is 11.8. The molecule has 0 radical (unpaired) electrons. The Morgan fingerprint density at radius 1 is 0.283 bits per heavy atom. The molecule has 0 amide bonds. The zero-order valence-corrected chi connectivity index (χ0v) is 32.4. The second-order valence-electron chi connectivity index (χ2n) is 15.1. The van der Waals surface area contributed by atoms with Crippen molar-refractivity contribution in [2.24, 2.45) is 0 Å². The van der Waals surface area contributed by atoms with Crippen molar-refractivity contribution < 1.29 is 0 Å². The molecule has 4 nitrogen and oxygen atoms in total. The summed E-state index contributed by atoms with van der Waals surface area (Å²) in [5.74, 6) is 0. The highest BCUT2D eigenvalue weighted by Crippen LogP contribution is 2.44. The molecule has 0 unspecified atom stereocenters. The normalized spacial score (nSPS) is 11.3. The van der Waals surface area contributed by atoms with Crippen molar-refractivity contribution >= 4 is 43.6 Å². The predicted octanol–water partition coefficient (Wildman–Crippen LogP) is 14.3. The second kappa shape index (κ2) is 14.2. The first-order chi connectivity index (χ1) is 29.7. The average molecular weight is 763 g/mol. The van der Waals surface area contributed by atoms with Crippen LogP contribution in [-0.4, -0.2) is 9.13 Å². The number of hydrogen-bond donors (Lipinski definition) is 0. The number of nitriles is 2. The van der Waals surface area contributed by atoms with Gasteiger partial charge in [-0.1, -0.05) is 140 Å². The molecule has 0 saturated carbocycles. The first-order valence-corrected chi connectivity index (χ1v) is 20.0. The number of benzene rings is 9. The lowest BCUT2D eigenvalue weighted by molar-refractivity contribution is 1.13. The molecule has 60 heavy (non-hydrogen) atoms. The zero-order chi connectivity index (χ0) is 40.2. The lowest BCUT2D eigenvalue weighted by Gasteiger charge is -2.19. The molecule has 11 aromatic rings. The van der Waals surface area contributed by atoms with E-state index in [1.54, 1.807) is 0 Å². The van der Waals surface area contributed by atoms with Crippen molar-refractivity contribution in [3.63, 3.8) is 0 Å². The Kier molecular flexibility index (Phi) is 8.22. The number of rotatable bonds is 6. The maximum atomic E-state index is 9.91. The lowest BCUT2D eigenvalue weighted by Crippen LogP contribution is -2.00. The van der Waals surface area contributed by atoms with Gasteiger partial charge in [0.2, 0.25) is 0 Å². The number of nitrogens with zero attached hydrogens (tertiary/aromatic N) is 4. The summed E-state index contributed by atoms with van der Waals surface area (Å²) in [5, 5.41) is 24.0. The summed E-state index contributed by atoms with van der Waals surface area (Å²) < 4.78 is 4.74. The summed E-state index contributed by atoms with van der Waals surface area (Å²) >= 11 is 0. The van der Waals surface area contributed by atoms with E-state index in [0.717, 1.165) is 88.7 Å². The van der Waals surface area contributed by atoms with Gasteiger partial charge in [-0.2, -0.15) is 10.5 Å². The van der Waals surface area contributed by atoms with E-state index >= 15 is 0 Å². The van der Waals surface area contributed by atoms with Crippen LogP contribution in [0.4, 0.5) is 0 Å². The van der Waals surface area contributed by atoms with Gasteiger partial charge in [0.05, 0.1) is 45.3 Å². The molecule has 9 aromatic carbocycles. The fourth-order valence-corrected chi connectivity index (χ4v) is 9.15. The molecular formula is C56H34N4. The molecule has 278 valence electrons. The first-order valence-electron chi connectivity index (χ1n) is 20.0. The van der Waals surface area contributed by atoms with Crippen LogP contribution in [0.15, 0.2) is 206 Å². The molecule has 0 aliphatic carbocycles. The van der Waals surface area contributed by atoms with Gasteiger partial charge < -0.3 is 9.13 Å². The molecule has 4 heteroatoms. The lowest BCUT2D eigenvalue weighted by atomic mass is 9.86. The SMILES string of the molecule is N#Cc1ccc(-c2ccccc2-c2ccccc2-c2ccccc2-c2cc(-n3c4ccccc4c4ccccc43)cc(-n3c4ccccc4c4cc(C#N)ccc43)c2)cc1. The summed E-state index contributed by atoms with van der Waals surface area (Å²) in [6.07, 6.45) is 0. The maximum absolute atomic E-state index is 9.91. The number of fused-ring (bicyclic) bond motifs is 6. The standard InChI is InChI=1S/C56H34N4/c57-35-37-25-28-39(29-26-37)43-13-1-3-15-45(43)47-17-5-6-18-48(47)46-16-4-2-14-44(46)40-32-41(59-53-22-10-7-19-49(53)50-20-8-11-23-54(50)59)34-42(33-40)60-55-24-12-9-21-51(55)52-31-38(36-58)27-30-56(52)60/h1-34H. The molecule has 2 aromatic heterocycles. The quantitative estimate of drug-likeness (QED) is 0.169. The third kappa shape index (κ3) is 5.59. The van der Waals surface area contributed by atoms with Gasteiger partial charge in [0.1, 0.15) is 0 Å². The van der Waals surface area contributed by atoms with Crippen molar-refractivity contribution in [2.45, 2.75) is 0 Å². The van der Waals surface area contributed by atoms with E-state index in [1.807, 2.05) is 36.4 Å². The minimum atomic E-state index is 0.637. The van der Waals surface area contributed by atoms with Gasteiger partial charge in [-0.05, 0) is 111 Å². The number of aromatic nitrogens is 2. The van der Waals surface area contributed by atoms with Crippen molar-refractivity contribution in [1.29, 1.82) is 10.5 Å². The highest BCUT2D eigenvalue weighted by molar-refractivity contribution is 6.11. The monoisotopic (exact) mass is 762 g/mol. The predicted molar refractivity (Wildman–Crippen MR) is 246 cm³/mol. The van der Waals surface area contributed by atoms with Crippen LogP contribution in [0, 0.1) is 22.7 Å². The average Bonchev–Trinajstić information content (AvgIpc) is 3.84. The second-order valence-corrected chi connectivity index (χ2v) is 15.1. The topological polar surface area (TPSA) is 57.4 Å². The van der Waals surface area contributed by atoms with E-state index in [-0.39, 0.29) is 0 Å². The number of para-hydroxylation sites is 3. The van der Waals surface area contributed by atoms with Gasteiger partial charge in [-0.15, -0.1) is 0 Å². The van der Waals surface area contributed by atoms with E-state index in [0.29, 0.717) is 11.1 Å². The van der Waals surface area contributed by atoms with Crippen LogP contribution in [0.3, 0.4) is 0 Å². The van der Waals surface area contributed by atoms with Gasteiger partial charge in [0.25, 0.3) is 0 Å². The minimum Gasteiger partial charge on any atom is -0.309 e. The zero-order valence-electron chi connectivity index (χ0n) is 32.4. The van der Waals surface area contributed by atoms with E-state index in [2.05, 4.69) is 191 Å². The van der Waals surface area contributed by atoms with Crippen LogP contribution < -0.4 is 0 Å². The van der Waals surface area contributed by atoms with Gasteiger partial charge in [0.15, 0.2) is 0 Å². The highest BCUT2D eigenvalue weighted by atomic mass is 15.0. The summed E-state index contributed by atoms with van der Waals surface area (Å²) in [6.45, 7) is 0. The summed E-state index contributed by atoms with van der Waals surface area (Å²) in [6, 6.07) is 77.1. The van der Waals surface area contributed by atoms with Crippen LogP contribution in [0.2, 0.25) is 0 Å². The fourth-order valence-electron chi connectivity index (χ4n) is 9.15. The summed E-state index contributed by atoms with van der Waals surface area (Å²) in [4.78, 5) is 0. The molecule has 0 saturated heterocycles. The Labute approximate surface area is 347 Å². The molecule has 0 fully saturated rings. The molecule has 0 aliphatic heterocycles. The molecule has 11 rings (SSSR count). The molecule has 0 bridgehead atoms. The van der Waals surface area contributed by atoms with E-state index < -0.39 is 0 Å². The number of hydrogen-bond acceptors (Lipinski definition) is 2. The Hall–Kier alpha value is -8.44. The molecule has 0 aliphatic rings. The molecule has 0 atom stereocenters. The molecule has 0 N–H and O–H groups in total. The van der Waals surface area contributed by atoms with Crippen LogP contribution >= 0.6 is 0 Å². The van der Waals surface area contributed by atoms with E-state index in [1.165, 1.54) is 10.8 Å². The van der Waals surface area contributed by atoms with Crippen molar-refractivity contribution in [3.05, 3.63) is 217 Å². The van der Waals surface area contributed by atoms with Gasteiger partial charge in [0, 0.05) is 32.9 Å². The Morgan fingerprint density at radius 3 is 1.13 bits per heavy atom. The van der Waals surface area contributed by atoms with Crippen LogP contribution in [0.5, 0.6) is 0 Å². The van der Waals surface area contributed by atoms with E-state index in [4.69, 9.17) is 0 Å². The smallest absolute Gasteiger partial charge is 0.0991 e. The van der Waals surface area contributed by atoms with Gasteiger partial charge in [-0.25, -0.2) is 0 Å². The van der Waals surface area contributed by atoms with Crippen molar-refractivity contribution in [3.8, 4) is 68.0 Å². The van der Waals surface area contributed by atoms with Crippen molar-refractivity contribution in [1.82, 2.24) is 9.13 Å². The van der Waals surface area contributed by atoms with E-state index in [9.17, 15) is 10.5 Å². The maximum Gasteiger partial charge on any atom is 0.0991 e. The van der Waals surface area contributed by atoms with Gasteiger partial charge in [-0.3, -0.25) is 0 Å². The summed E-state index contributed by atoms with van der Waals surface area (Å²) in [7, 11) is 0. The van der Waals surface area contributed by atoms with Crippen LogP contribution in [-0.2, 0) is 0 Å². The highest BCUT2D eigenvalue weighted by Gasteiger charge is 2.20. The Morgan fingerprint density at radius 2 is 0.650 bits per heavy atom. The van der Waals surface area contributed by atoms with Crippen molar-refractivity contribution in [2.75, 3.05) is 0 Å². The molecular weight excluding hydrogens is 729 g/mol. The largest absolute Gasteiger partial charge is 0.309 e. The fraction of sp³-hybridized carbons (Fsp3) is 0. The first kappa shape index (κ1) is 34.8. The molecule has 0 spiro atoms. The Bertz CT molecular complexity index is 3520. The Balaban J connectivity index is 1.19. The van der Waals surface area contributed by atoms with Crippen LogP contribution in [0.25, 0.3) is 99.5 Å². The van der Waals surface area contributed by atoms with Gasteiger partial charge >= 0.3 is 0 Å². The summed E-state index contributed by atoms with van der Waals surface area (Å²) in [5.41, 5.74) is 16.6.